The third-order valence-electron chi connectivity index (χ3n) is 4.38. The van der Waals surface area contributed by atoms with E-state index in [9.17, 15) is 19.5 Å². The van der Waals surface area contributed by atoms with Gasteiger partial charge in [-0.1, -0.05) is 30.3 Å². The zero-order valence-corrected chi connectivity index (χ0v) is 15.7. The number of nitrogens with one attached hydrogen (secondary N) is 1. The van der Waals surface area contributed by atoms with Crippen LogP contribution in [0.1, 0.15) is 12.5 Å². The van der Waals surface area contributed by atoms with Crippen LogP contribution in [0.4, 0.5) is 11.4 Å². The molecule has 28 heavy (non-hydrogen) atoms. The zero-order valence-electron chi connectivity index (χ0n) is 15.7. The average Bonchev–Trinajstić information content (AvgIpc) is 2.93. The summed E-state index contributed by atoms with van der Waals surface area (Å²) in [5.41, 5.74) is 2.16. The van der Waals surface area contributed by atoms with Crippen LogP contribution >= 0.6 is 0 Å². The van der Waals surface area contributed by atoms with E-state index in [1.54, 1.807) is 60.5 Å². The lowest BCUT2D eigenvalue weighted by atomic mass is 10.0. The topological polar surface area (TPSA) is 90.0 Å². The van der Waals surface area contributed by atoms with Gasteiger partial charge in [-0.2, -0.15) is 0 Å². The second kappa shape index (κ2) is 8.06. The number of hydrogen-bond acceptors (Lipinski definition) is 5. The van der Waals surface area contributed by atoms with Gasteiger partial charge in [0.1, 0.15) is 5.70 Å². The molecule has 2 aromatic carbocycles. The van der Waals surface area contributed by atoms with Crippen LogP contribution in [0.3, 0.4) is 0 Å². The van der Waals surface area contributed by atoms with Gasteiger partial charge in [0.25, 0.3) is 11.8 Å². The Kier molecular flexibility index (Phi) is 5.56. The lowest BCUT2D eigenvalue weighted by Gasteiger charge is -2.20. The third-order valence-corrected chi connectivity index (χ3v) is 4.38. The Morgan fingerprint density at radius 2 is 1.68 bits per heavy atom. The van der Waals surface area contributed by atoms with Crippen molar-refractivity contribution in [3.05, 3.63) is 65.9 Å². The maximum atomic E-state index is 13.2. The van der Waals surface area contributed by atoms with Crippen molar-refractivity contribution in [2.24, 2.45) is 0 Å². The molecule has 3 rings (SSSR count). The third kappa shape index (κ3) is 3.65. The van der Waals surface area contributed by atoms with Gasteiger partial charge in [0.15, 0.2) is 0 Å². The van der Waals surface area contributed by atoms with Gasteiger partial charge in [-0.15, -0.1) is 0 Å². The van der Waals surface area contributed by atoms with Crippen LogP contribution in [-0.4, -0.2) is 47.9 Å². The molecule has 3 amide bonds. The largest absolute Gasteiger partial charge is 0.395 e. The van der Waals surface area contributed by atoms with E-state index in [1.807, 2.05) is 6.07 Å². The lowest BCUT2D eigenvalue weighted by Crippen LogP contribution is -2.34. The zero-order chi connectivity index (χ0) is 20.3. The smallest absolute Gasteiger partial charge is 0.282 e. The maximum Gasteiger partial charge on any atom is 0.282 e. The number of aliphatic hydroxyl groups is 1. The predicted molar refractivity (Wildman–Crippen MR) is 106 cm³/mol. The van der Waals surface area contributed by atoms with E-state index in [1.165, 1.54) is 6.92 Å². The highest BCUT2D eigenvalue weighted by atomic mass is 16.3. The Bertz CT molecular complexity index is 936. The van der Waals surface area contributed by atoms with E-state index >= 15 is 0 Å². The second-order valence-electron chi connectivity index (χ2n) is 6.41. The number of likely N-dealkylation sites (N-methyl/N-ethyl adjacent to an activating group) is 1. The Morgan fingerprint density at radius 3 is 2.25 bits per heavy atom. The Labute approximate surface area is 162 Å². The summed E-state index contributed by atoms with van der Waals surface area (Å²) >= 11 is 0. The fourth-order valence-corrected chi connectivity index (χ4v) is 3.13. The highest BCUT2D eigenvalue weighted by Crippen LogP contribution is 2.34. The van der Waals surface area contributed by atoms with Crippen LogP contribution in [0.15, 0.2) is 60.3 Å². The normalized spacial score (nSPS) is 13.9. The number of amides is 3. The SMILES string of the molecule is CC(=O)Nc1ccc(N2C(=O)C(c3ccccc3)=C(N(C)CCO)C2=O)cc1. The highest BCUT2D eigenvalue weighted by Gasteiger charge is 2.41. The summed E-state index contributed by atoms with van der Waals surface area (Å²) in [6.45, 7) is 1.48. The van der Waals surface area contributed by atoms with E-state index in [2.05, 4.69) is 5.32 Å². The summed E-state index contributed by atoms with van der Waals surface area (Å²) in [6.07, 6.45) is 0. The van der Waals surface area contributed by atoms with Gasteiger partial charge in [0.2, 0.25) is 5.91 Å². The number of aliphatic hydroxyl groups excluding tert-OH is 1. The summed E-state index contributed by atoms with van der Waals surface area (Å²) in [5.74, 6) is -1.09. The molecule has 0 aliphatic carbocycles. The first-order valence-electron chi connectivity index (χ1n) is 8.82. The summed E-state index contributed by atoms with van der Waals surface area (Å²) in [5, 5.41) is 11.9. The summed E-state index contributed by atoms with van der Waals surface area (Å²) in [4.78, 5) is 40.2. The maximum absolute atomic E-state index is 13.2. The van der Waals surface area contributed by atoms with E-state index in [-0.39, 0.29) is 24.8 Å². The van der Waals surface area contributed by atoms with Crippen LogP contribution in [0.2, 0.25) is 0 Å². The molecule has 0 saturated heterocycles. The minimum atomic E-state index is -0.452. The molecular formula is C21H21N3O4. The van der Waals surface area contributed by atoms with Crippen molar-refractivity contribution in [3.63, 3.8) is 0 Å². The molecule has 2 N–H and O–H groups in total. The molecule has 0 unspecified atom stereocenters. The fourth-order valence-electron chi connectivity index (χ4n) is 3.13. The Balaban J connectivity index is 2.02. The molecule has 0 aromatic heterocycles. The summed E-state index contributed by atoms with van der Waals surface area (Å²) in [6, 6.07) is 15.5. The number of carbonyl (C=O) groups is 3. The molecule has 7 nitrogen and oxygen atoms in total. The van der Waals surface area contributed by atoms with E-state index < -0.39 is 11.8 Å². The van der Waals surface area contributed by atoms with E-state index in [0.717, 1.165) is 4.90 Å². The predicted octanol–water partition coefficient (Wildman–Crippen LogP) is 1.85. The molecule has 0 saturated carbocycles. The molecule has 1 heterocycles. The molecule has 0 fully saturated rings. The quantitative estimate of drug-likeness (QED) is 0.748. The van der Waals surface area contributed by atoms with Crippen LogP contribution < -0.4 is 10.2 Å². The van der Waals surface area contributed by atoms with Crippen molar-refractivity contribution in [2.45, 2.75) is 6.92 Å². The molecule has 0 radical (unpaired) electrons. The number of anilines is 2. The Hall–Kier alpha value is -3.45. The van der Waals surface area contributed by atoms with E-state index in [4.69, 9.17) is 0 Å². The van der Waals surface area contributed by atoms with Crippen molar-refractivity contribution in [1.29, 1.82) is 0 Å². The molecule has 0 spiro atoms. The van der Waals surface area contributed by atoms with Gasteiger partial charge in [-0.05, 0) is 29.8 Å². The van der Waals surface area contributed by atoms with E-state index in [0.29, 0.717) is 22.5 Å². The summed E-state index contributed by atoms with van der Waals surface area (Å²) < 4.78 is 0. The number of benzene rings is 2. The molecule has 1 aliphatic heterocycles. The van der Waals surface area contributed by atoms with Gasteiger partial charge in [-0.3, -0.25) is 14.4 Å². The number of hydrogen-bond donors (Lipinski definition) is 2. The van der Waals surface area contributed by atoms with Crippen LogP contribution in [0.5, 0.6) is 0 Å². The molecule has 2 aromatic rings. The number of carbonyl (C=O) groups excluding carboxylic acids is 3. The molecule has 144 valence electrons. The lowest BCUT2D eigenvalue weighted by molar-refractivity contribution is -0.120. The van der Waals surface area contributed by atoms with Crippen LogP contribution in [0.25, 0.3) is 5.57 Å². The standard InChI is InChI=1S/C21H21N3O4/c1-14(26)22-16-8-10-17(11-9-16)24-20(27)18(15-6-4-3-5-7-15)19(21(24)28)23(2)12-13-25/h3-11,25H,12-13H2,1-2H3,(H,22,26). The van der Waals surface area contributed by atoms with Gasteiger partial charge in [0, 0.05) is 26.2 Å². The highest BCUT2D eigenvalue weighted by molar-refractivity contribution is 6.45. The van der Waals surface area contributed by atoms with Gasteiger partial charge < -0.3 is 15.3 Å². The average molecular weight is 379 g/mol. The first-order valence-corrected chi connectivity index (χ1v) is 8.82. The molecule has 0 bridgehead atoms. The monoisotopic (exact) mass is 379 g/mol. The number of imide groups is 1. The molecule has 1 aliphatic rings. The molecule has 7 heteroatoms. The van der Waals surface area contributed by atoms with Crippen molar-refractivity contribution in [2.75, 3.05) is 30.4 Å². The first kappa shape index (κ1) is 19.3. The van der Waals surface area contributed by atoms with Crippen molar-refractivity contribution >= 4 is 34.7 Å². The van der Waals surface area contributed by atoms with Crippen molar-refractivity contribution in [3.8, 4) is 0 Å². The van der Waals surface area contributed by atoms with Gasteiger partial charge >= 0.3 is 0 Å². The van der Waals surface area contributed by atoms with Crippen molar-refractivity contribution < 1.29 is 19.5 Å². The fraction of sp³-hybridized carbons (Fsp3) is 0.190. The summed E-state index contributed by atoms with van der Waals surface area (Å²) in [7, 11) is 1.67. The minimum absolute atomic E-state index is 0.144. The van der Waals surface area contributed by atoms with Gasteiger partial charge in [-0.25, -0.2) is 4.90 Å². The van der Waals surface area contributed by atoms with Crippen LogP contribution in [0, 0.1) is 0 Å². The number of nitrogens with zero attached hydrogens (tertiary/aromatic N) is 2. The van der Waals surface area contributed by atoms with Crippen molar-refractivity contribution in [1.82, 2.24) is 4.90 Å². The number of rotatable bonds is 6. The molecular weight excluding hydrogens is 358 g/mol. The Morgan fingerprint density at radius 1 is 1.04 bits per heavy atom. The second-order valence-corrected chi connectivity index (χ2v) is 6.41. The first-order chi connectivity index (χ1) is 13.4. The van der Waals surface area contributed by atoms with Crippen LogP contribution in [-0.2, 0) is 14.4 Å². The van der Waals surface area contributed by atoms with Gasteiger partial charge in [0.05, 0.1) is 17.9 Å². The minimum Gasteiger partial charge on any atom is -0.395 e. The molecule has 0 atom stereocenters.